The predicted octanol–water partition coefficient (Wildman–Crippen LogP) is 0.814. The van der Waals surface area contributed by atoms with Gasteiger partial charge in [-0.25, -0.2) is 0 Å². The van der Waals surface area contributed by atoms with E-state index in [1.165, 1.54) is 24.4 Å². The average Bonchev–Trinajstić information content (AvgIpc) is 2.03. The van der Waals surface area contributed by atoms with Crippen molar-refractivity contribution in [2.24, 2.45) is 0 Å². The van der Waals surface area contributed by atoms with E-state index in [0.717, 1.165) is 0 Å². The lowest BCUT2D eigenvalue weighted by Crippen LogP contribution is -1.97. The molecule has 0 aliphatic rings. The van der Waals surface area contributed by atoms with Gasteiger partial charge in [0.05, 0.1) is 0 Å². The molecular weight excluding hydrogens is 170 g/mol. The van der Waals surface area contributed by atoms with Crippen LogP contribution < -0.4 is 5.32 Å². The Morgan fingerprint density at radius 3 is 2.31 bits per heavy atom. The Kier molecular flexibility index (Phi) is 2.92. The van der Waals surface area contributed by atoms with Gasteiger partial charge in [-0.1, -0.05) is 0 Å². The second kappa shape index (κ2) is 4.15. The first-order valence-corrected chi connectivity index (χ1v) is 3.61. The van der Waals surface area contributed by atoms with E-state index in [0.29, 0.717) is 12.0 Å². The zero-order chi connectivity index (χ0) is 9.68. The topological polar surface area (TPSA) is 69.6 Å². The maximum absolute atomic E-state index is 9.87. The molecule has 1 aromatic carbocycles. The van der Waals surface area contributed by atoms with Crippen LogP contribution in [0.5, 0.6) is 11.5 Å². The van der Waals surface area contributed by atoms with E-state index < -0.39 is 0 Å². The summed E-state index contributed by atoms with van der Waals surface area (Å²) in [6.45, 7) is 0. The number of nitrogens with one attached hydrogen (secondary N) is 1. The van der Waals surface area contributed by atoms with Crippen molar-refractivity contribution in [2.45, 2.75) is 0 Å². The minimum absolute atomic E-state index is 0.0225. The van der Waals surface area contributed by atoms with E-state index in [-0.39, 0.29) is 11.5 Å². The fourth-order valence-corrected chi connectivity index (χ4v) is 0.898. The molecule has 0 aromatic heterocycles. The van der Waals surface area contributed by atoms with E-state index in [4.69, 9.17) is 10.2 Å². The molecule has 0 aliphatic heterocycles. The summed E-state index contributed by atoms with van der Waals surface area (Å²) < 4.78 is 0. The fraction of sp³-hybridized carbons (Fsp3) is 0. The van der Waals surface area contributed by atoms with Gasteiger partial charge in [0, 0.05) is 12.3 Å². The summed E-state index contributed by atoms with van der Waals surface area (Å²) in [7, 11) is 0. The second-order valence-corrected chi connectivity index (χ2v) is 2.40. The first-order chi connectivity index (χ1) is 6.22. The average molecular weight is 179 g/mol. The number of hydrogen-bond acceptors (Lipinski definition) is 3. The Hall–Kier alpha value is -1.97. The first kappa shape index (κ1) is 9.12. The fourth-order valence-electron chi connectivity index (χ4n) is 0.898. The van der Waals surface area contributed by atoms with Crippen LogP contribution >= 0.6 is 0 Å². The van der Waals surface area contributed by atoms with Crippen LogP contribution in [0.15, 0.2) is 24.4 Å². The Balaban J connectivity index is 2.82. The molecule has 0 atom stereocenters. The van der Waals surface area contributed by atoms with Crippen LogP contribution in [0.1, 0.15) is 5.56 Å². The predicted molar refractivity (Wildman–Crippen MR) is 48.0 cm³/mol. The highest BCUT2D eigenvalue weighted by molar-refractivity contribution is 5.57. The molecule has 13 heavy (non-hydrogen) atoms. The maximum Gasteiger partial charge on any atom is 0.211 e. The lowest BCUT2D eigenvalue weighted by atomic mass is 10.2. The normalized spacial score (nSPS) is 10.2. The maximum atomic E-state index is 9.87. The van der Waals surface area contributed by atoms with Crippen molar-refractivity contribution in [3.63, 3.8) is 0 Å². The van der Waals surface area contributed by atoms with Gasteiger partial charge in [-0.2, -0.15) is 0 Å². The van der Waals surface area contributed by atoms with E-state index >= 15 is 0 Å². The van der Waals surface area contributed by atoms with Crippen molar-refractivity contribution in [3.8, 4) is 11.5 Å². The molecule has 0 radical (unpaired) electrons. The van der Waals surface area contributed by atoms with Gasteiger partial charge in [0.15, 0.2) is 0 Å². The number of rotatable bonds is 3. The highest BCUT2D eigenvalue weighted by atomic mass is 16.3. The smallest absolute Gasteiger partial charge is 0.211 e. The number of hydrogen-bond donors (Lipinski definition) is 3. The van der Waals surface area contributed by atoms with Crippen LogP contribution in [-0.4, -0.2) is 16.6 Å². The van der Waals surface area contributed by atoms with Gasteiger partial charge in [0.2, 0.25) is 6.41 Å². The van der Waals surface area contributed by atoms with E-state index in [1.807, 2.05) is 0 Å². The van der Waals surface area contributed by atoms with Crippen LogP contribution in [-0.2, 0) is 4.79 Å². The van der Waals surface area contributed by atoms with E-state index in [2.05, 4.69) is 5.32 Å². The molecule has 0 heterocycles. The molecule has 0 fully saturated rings. The van der Waals surface area contributed by atoms with Gasteiger partial charge in [0.1, 0.15) is 11.5 Å². The molecule has 4 heteroatoms. The molecule has 0 aliphatic carbocycles. The lowest BCUT2D eigenvalue weighted by Gasteiger charge is -1.97. The third-order valence-corrected chi connectivity index (χ3v) is 1.36. The summed E-state index contributed by atoms with van der Waals surface area (Å²) in [4.78, 5) is 9.87. The number of carbonyl (C=O) groups is 1. The third kappa shape index (κ3) is 2.86. The zero-order valence-corrected chi connectivity index (χ0v) is 6.77. The van der Waals surface area contributed by atoms with Crippen molar-refractivity contribution in [2.75, 3.05) is 0 Å². The quantitative estimate of drug-likeness (QED) is 0.601. The molecule has 68 valence electrons. The SMILES string of the molecule is O=CNC=Cc1cc(O)cc(O)c1. The number of carbonyl (C=O) groups excluding carboxylic acids is 1. The molecule has 0 saturated heterocycles. The summed E-state index contributed by atoms with van der Waals surface area (Å²) in [6.07, 6.45) is 3.48. The monoisotopic (exact) mass is 179 g/mol. The van der Waals surface area contributed by atoms with Crippen LogP contribution in [0.2, 0.25) is 0 Å². The van der Waals surface area contributed by atoms with Gasteiger partial charge in [-0.15, -0.1) is 0 Å². The molecular formula is C9H9NO3. The van der Waals surface area contributed by atoms with Gasteiger partial charge in [-0.05, 0) is 23.8 Å². The molecule has 1 aromatic rings. The largest absolute Gasteiger partial charge is 0.508 e. The standard InChI is InChI=1S/C9H9NO3/c11-6-10-2-1-7-3-8(12)5-9(13)4-7/h1-6,12-13H,(H,10,11). The van der Waals surface area contributed by atoms with Crippen molar-refractivity contribution in [1.29, 1.82) is 0 Å². The van der Waals surface area contributed by atoms with Crippen LogP contribution in [0.25, 0.3) is 6.08 Å². The second-order valence-electron chi connectivity index (χ2n) is 2.40. The van der Waals surface area contributed by atoms with Gasteiger partial charge < -0.3 is 15.5 Å². The summed E-state index contributed by atoms with van der Waals surface area (Å²) in [6, 6.07) is 4.15. The minimum Gasteiger partial charge on any atom is -0.508 e. The first-order valence-electron chi connectivity index (χ1n) is 3.61. The van der Waals surface area contributed by atoms with Crippen molar-refractivity contribution in [3.05, 3.63) is 30.0 Å². The molecule has 0 unspecified atom stereocenters. The Morgan fingerprint density at radius 2 is 1.77 bits per heavy atom. The molecule has 0 spiro atoms. The number of amides is 1. The summed E-state index contributed by atoms with van der Waals surface area (Å²) >= 11 is 0. The number of aromatic hydroxyl groups is 2. The molecule has 0 saturated carbocycles. The Bertz CT molecular complexity index is 313. The highest BCUT2D eigenvalue weighted by Crippen LogP contribution is 2.20. The Labute approximate surface area is 75.1 Å². The zero-order valence-electron chi connectivity index (χ0n) is 6.77. The third-order valence-electron chi connectivity index (χ3n) is 1.36. The van der Waals surface area contributed by atoms with Crippen molar-refractivity contribution in [1.82, 2.24) is 5.32 Å². The van der Waals surface area contributed by atoms with Crippen molar-refractivity contribution >= 4 is 12.5 Å². The summed E-state index contributed by atoms with van der Waals surface area (Å²) in [5.41, 5.74) is 0.604. The van der Waals surface area contributed by atoms with Gasteiger partial charge >= 0.3 is 0 Å². The van der Waals surface area contributed by atoms with Crippen molar-refractivity contribution < 1.29 is 15.0 Å². The number of phenolic OH excluding ortho intramolecular Hbond substituents is 2. The molecule has 0 bridgehead atoms. The minimum atomic E-state index is -0.0225. The number of benzene rings is 1. The molecule has 4 nitrogen and oxygen atoms in total. The van der Waals surface area contributed by atoms with Crippen LogP contribution in [0.3, 0.4) is 0 Å². The molecule has 1 amide bonds. The molecule has 1 rings (SSSR count). The number of phenols is 2. The highest BCUT2D eigenvalue weighted by Gasteiger charge is 1.94. The summed E-state index contributed by atoms with van der Waals surface area (Å²) in [5.74, 6) is -0.0449. The van der Waals surface area contributed by atoms with E-state index in [9.17, 15) is 4.79 Å². The van der Waals surface area contributed by atoms with Gasteiger partial charge in [-0.3, -0.25) is 4.79 Å². The lowest BCUT2D eigenvalue weighted by molar-refractivity contribution is -0.108. The van der Waals surface area contributed by atoms with Crippen LogP contribution in [0.4, 0.5) is 0 Å². The van der Waals surface area contributed by atoms with E-state index in [1.54, 1.807) is 6.08 Å². The van der Waals surface area contributed by atoms with Gasteiger partial charge in [0.25, 0.3) is 0 Å². The van der Waals surface area contributed by atoms with Crippen LogP contribution in [0, 0.1) is 0 Å². The summed E-state index contributed by atoms with van der Waals surface area (Å²) in [5, 5.41) is 20.4. The molecule has 3 N–H and O–H groups in total. The Morgan fingerprint density at radius 1 is 1.15 bits per heavy atom.